The fraction of sp³-hybridized carbons (Fsp3) is 0.120. The van der Waals surface area contributed by atoms with E-state index < -0.39 is 17.7 Å². The van der Waals surface area contributed by atoms with Crippen LogP contribution in [0.3, 0.4) is 0 Å². The zero-order valence-electron chi connectivity index (χ0n) is 17.4. The van der Waals surface area contributed by atoms with Crippen LogP contribution in [0.1, 0.15) is 28.3 Å². The van der Waals surface area contributed by atoms with E-state index in [0.29, 0.717) is 28.1 Å². The Hall–Kier alpha value is -4.44. The van der Waals surface area contributed by atoms with Gasteiger partial charge in [0.25, 0.3) is 11.7 Å². The third-order valence-corrected chi connectivity index (χ3v) is 5.39. The van der Waals surface area contributed by atoms with Crippen LogP contribution >= 0.6 is 0 Å². The Labute approximate surface area is 184 Å². The lowest BCUT2D eigenvalue weighted by Crippen LogP contribution is -2.29. The summed E-state index contributed by atoms with van der Waals surface area (Å²) in [6.45, 7) is 1.82. The van der Waals surface area contributed by atoms with Gasteiger partial charge in [0.15, 0.2) is 0 Å². The van der Waals surface area contributed by atoms with Gasteiger partial charge in [0, 0.05) is 23.6 Å². The van der Waals surface area contributed by atoms with Gasteiger partial charge in [0.05, 0.1) is 30.4 Å². The van der Waals surface area contributed by atoms with Gasteiger partial charge in [-0.05, 0) is 66.6 Å². The number of methoxy groups -OCH3 is 1. The van der Waals surface area contributed by atoms with Crippen molar-refractivity contribution in [2.45, 2.75) is 13.0 Å². The number of aliphatic hydroxyl groups excluding tert-OH is 1. The molecule has 7 nitrogen and oxygen atoms in total. The fourth-order valence-electron chi connectivity index (χ4n) is 3.83. The molecule has 1 aliphatic heterocycles. The molecule has 0 saturated carbocycles. The Morgan fingerprint density at radius 2 is 1.91 bits per heavy atom. The third kappa shape index (κ3) is 3.48. The molecule has 0 aliphatic carbocycles. The summed E-state index contributed by atoms with van der Waals surface area (Å²) in [5.41, 5.74) is 2.58. The van der Waals surface area contributed by atoms with Crippen molar-refractivity contribution in [3.63, 3.8) is 0 Å². The van der Waals surface area contributed by atoms with E-state index >= 15 is 0 Å². The maximum Gasteiger partial charge on any atom is 0.300 e. The first-order valence-electron chi connectivity index (χ1n) is 9.82. The maximum atomic E-state index is 13.1. The van der Waals surface area contributed by atoms with Gasteiger partial charge in [-0.2, -0.15) is 5.26 Å². The van der Waals surface area contributed by atoms with Gasteiger partial charge in [-0.3, -0.25) is 19.5 Å². The molecule has 7 heteroatoms. The average molecular weight is 425 g/mol. The van der Waals surface area contributed by atoms with Crippen molar-refractivity contribution in [2.24, 2.45) is 0 Å². The molecule has 2 heterocycles. The molecule has 1 N–H and O–H groups in total. The number of aryl methyl sites for hydroxylation is 1. The minimum Gasteiger partial charge on any atom is -0.507 e. The van der Waals surface area contributed by atoms with Crippen molar-refractivity contribution in [1.29, 1.82) is 5.26 Å². The quantitative estimate of drug-likeness (QED) is 0.386. The third-order valence-electron chi connectivity index (χ3n) is 5.39. The smallest absolute Gasteiger partial charge is 0.300 e. The number of benzene rings is 2. The van der Waals surface area contributed by atoms with Gasteiger partial charge >= 0.3 is 0 Å². The van der Waals surface area contributed by atoms with Crippen molar-refractivity contribution in [3.8, 4) is 11.8 Å². The molecule has 1 fully saturated rings. The highest BCUT2D eigenvalue weighted by atomic mass is 16.5. The molecular formula is C25H19N3O4. The summed E-state index contributed by atoms with van der Waals surface area (Å²) in [5, 5.41) is 20.2. The van der Waals surface area contributed by atoms with Crippen molar-refractivity contribution in [1.82, 2.24) is 4.98 Å². The van der Waals surface area contributed by atoms with E-state index in [1.54, 1.807) is 74.1 Å². The molecule has 158 valence electrons. The Morgan fingerprint density at radius 3 is 2.50 bits per heavy atom. The number of nitrogens with zero attached hydrogens (tertiary/aromatic N) is 3. The van der Waals surface area contributed by atoms with Gasteiger partial charge in [0.2, 0.25) is 0 Å². The highest BCUT2D eigenvalue weighted by Gasteiger charge is 2.47. The first-order valence-corrected chi connectivity index (χ1v) is 9.82. The van der Waals surface area contributed by atoms with Crippen molar-refractivity contribution >= 4 is 23.1 Å². The number of amides is 1. The summed E-state index contributed by atoms with van der Waals surface area (Å²) in [7, 11) is 1.55. The number of rotatable bonds is 4. The first kappa shape index (κ1) is 20.8. The zero-order chi connectivity index (χ0) is 22.8. The largest absolute Gasteiger partial charge is 0.507 e. The highest BCUT2D eigenvalue weighted by Crippen LogP contribution is 2.42. The number of Topliss-reactive ketones (excluding diaryl/α,β-unsaturated/α-hetero) is 1. The van der Waals surface area contributed by atoms with Gasteiger partial charge in [-0.25, -0.2) is 0 Å². The monoisotopic (exact) mass is 425 g/mol. The predicted molar refractivity (Wildman–Crippen MR) is 118 cm³/mol. The molecule has 2 aromatic carbocycles. The van der Waals surface area contributed by atoms with Gasteiger partial charge in [-0.1, -0.05) is 6.07 Å². The van der Waals surface area contributed by atoms with Crippen molar-refractivity contribution in [3.05, 3.63) is 94.8 Å². The summed E-state index contributed by atoms with van der Waals surface area (Å²) >= 11 is 0. The number of pyridine rings is 1. The summed E-state index contributed by atoms with van der Waals surface area (Å²) in [6, 6.07) is 16.0. The van der Waals surface area contributed by atoms with Crippen LogP contribution in [0, 0.1) is 18.3 Å². The van der Waals surface area contributed by atoms with Gasteiger partial charge in [-0.15, -0.1) is 0 Å². The Kier molecular flexibility index (Phi) is 5.44. The van der Waals surface area contributed by atoms with E-state index in [4.69, 9.17) is 10.00 Å². The van der Waals surface area contributed by atoms with Crippen LogP contribution in [-0.4, -0.2) is 28.9 Å². The molecule has 1 aromatic heterocycles. The molecule has 1 unspecified atom stereocenters. The summed E-state index contributed by atoms with van der Waals surface area (Å²) in [5.74, 6) is -1.20. The SMILES string of the molecule is COc1ccc(/C(O)=C2/C(=O)C(=O)N(c3ccc(C#N)cc3)C2c2cccnc2)cc1C. The standard InChI is InChI=1S/C25H19N3O4/c1-15-12-17(7-10-20(15)32-2)23(29)21-22(18-4-3-11-27-14-18)28(25(31)24(21)30)19-8-5-16(13-26)6-9-19/h3-12,14,22,29H,1-2H3/b23-21-. The second-order valence-corrected chi connectivity index (χ2v) is 7.30. The number of aromatic nitrogens is 1. The number of ketones is 1. The van der Waals surface area contributed by atoms with E-state index in [-0.39, 0.29) is 11.3 Å². The molecule has 0 radical (unpaired) electrons. The van der Waals surface area contributed by atoms with Gasteiger partial charge < -0.3 is 9.84 Å². The number of carbonyl (C=O) groups excluding carboxylic acids is 2. The topological polar surface area (TPSA) is 104 Å². The van der Waals surface area contributed by atoms with Crippen LogP contribution in [0.2, 0.25) is 0 Å². The second-order valence-electron chi connectivity index (χ2n) is 7.30. The number of carbonyl (C=O) groups is 2. The van der Waals surface area contributed by atoms with Crippen LogP contribution in [0.25, 0.3) is 5.76 Å². The lowest BCUT2D eigenvalue weighted by molar-refractivity contribution is -0.132. The molecule has 1 atom stereocenters. The molecule has 0 spiro atoms. The number of nitriles is 1. The number of hydrogen-bond donors (Lipinski definition) is 1. The van der Waals surface area contributed by atoms with E-state index in [1.807, 2.05) is 13.0 Å². The van der Waals surface area contributed by atoms with Crippen LogP contribution in [-0.2, 0) is 9.59 Å². The predicted octanol–water partition coefficient (Wildman–Crippen LogP) is 3.90. The van der Waals surface area contributed by atoms with Crippen LogP contribution in [0.15, 0.2) is 72.6 Å². The van der Waals surface area contributed by atoms with E-state index in [2.05, 4.69) is 4.98 Å². The lowest BCUT2D eigenvalue weighted by Gasteiger charge is -2.25. The van der Waals surface area contributed by atoms with E-state index in [0.717, 1.165) is 5.56 Å². The Bertz CT molecular complexity index is 1270. The summed E-state index contributed by atoms with van der Waals surface area (Å²) < 4.78 is 5.27. The normalized spacial score (nSPS) is 17.3. The van der Waals surface area contributed by atoms with Crippen LogP contribution < -0.4 is 9.64 Å². The minimum atomic E-state index is -0.876. The van der Waals surface area contributed by atoms with Crippen molar-refractivity contribution in [2.75, 3.05) is 12.0 Å². The second kappa shape index (κ2) is 8.36. The van der Waals surface area contributed by atoms with E-state index in [1.165, 1.54) is 4.90 Å². The number of ether oxygens (including phenoxy) is 1. The average Bonchev–Trinajstić information content (AvgIpc) is 3.09. The summed E-state index contributed by atoms with van der Waals surface area (Å²) in [6.07, 6.45) is 3.14. The number of aliphatic hydroxyl groups is 1. The molecule has 1 saturated heterocycles. The minimum absolute atomic E-state index is 0.0306. The fourth-order valence-corrected chi connectivity index (χ4v) is 3.83. The molecule has 3 aromatic rings. The van der Waals surface area contributed by atoms with E-state index in [9.17, 15) is 14.7 Å². The molecule has 1 amide bonds. The van der Waals surface area contributed by atoms with Crippen LogP contribution in [0.4, 0.5) is 5.69 Å². The van der Waals surface area contributed by atoms with Crippen molar-refractivity contribution < 1.29 is 19.4 Å². The molecule has 0 bridgehead atoms. The maximum absolute atomic E-state index is 13.1. The van der Waals surface area contributed by atoms with Gasteiger partial charge in [0.1, 0.15) is 11.5 Å². The molecular weight excluding hydrogens is 406 g/mol. The first-order chi connectivity index (χ1) is 15.5. The molecule has 1 aliphatic rings. The Balaban J connectivity index is 1.91. The molecule has 32 heavy (non-hydrogen) atoms. The summed E-state index contributed by atoms with van der Waals surface area (Å²) in [4.78, 5) is 31.6. The molecule has 4 rings (SSSR count). The zero-order valence-corrected chi connectivity index (χ0v) is 17.4. The number of hydrogen-bond acceptors (Lipinski definition) is 6. The van der Waals surface area contributed by atoms with Crippen LogP contribution in [0.5, 0.6) is 5.75 Å². The highest BCUT2D eigenvalue weighted by molar-refractivity contribution is 6.51. The lowest BCUT2D eigenvalue weighted by atomic mass is 9.95. The number of anilines is 1. The Morgan fingerprint density at radius 1 is 1.16 bits per heavy atom.